The van der Waals surface area contributed by atoms with Crippen LogP contribution in [0.3, 0.4) is 0 Å². The number of phenolic OH excluding ortho intramolecular Hbond substituents is 2. The molecule has 1 aromatic rings. The molecule has 1 rings (SSSR count). The lowest BCUT2D eigenvalue weighted by Crippen LogP contribution is -2.11. The lowest BCUT2D eigenvalue weighted by Gasteiger charge is -2.08. The molecule has 1 atom stereocenters. The molecule has 92 valence electrons. The van der Waals surface area contributed by atoms with Crippen LogP contribution in [0.25, 0.3) is 0 Å². The van der Waals surface area contributed by atoms with Crippen LogP contribution in [0.4, 0.5) is 0 Å². The molecule has 0 aromatic heterocycles. The summed E-state index contributed by atoms with van der Waals surface area (Å²) in [5.41, 5.74) is 0.621. The zero-order chi connectivity index (χ0) is 13.0. The number of Topliss-reactive ketones (excluding diaryl/α,β-unsaturated/α-hetero) is 1. The number of carbonyl (C=O) groups is 1. The minimum Gasteiger partial charge on any atom is -0.508 e. The number of aliphatic hydroxyl groups excluding tert-OH is 1. The SMILES string of the molecule is C/C=C/[C@H](O)CC(=O)c1cc(C)c(O)cc1O. The van der Waals surface area contributed by atoms with Crippen LogP contribution < -0.4 is 0 Å². The third kappa shape index (κ3) is 3.32. The van der Waals surface area contributed by atoms with Gasteiger partial charge in [0.1, 0.15) is 11.5 Å². The van der Waals surface area contributed by atoms with Gasteiger partial charge in [-0.3, -0.25) is 4.79 Å². The first-order valence-electron chi connectivity index (χ1n) is 5.32. The maximum Gasteiger partial charge on any atom is 0.169 e. The molecule has 1 aromatic carbocycles. The highest BCUT2D eigenvalue weighted by Gasteiger charge is 2.16. The molecule has 0 aliphatic carbocycles. The topological polar surface area (TPSA) is 77.8 Å². The Hall–Kier alpha value is -1.81. The molecule has 0 saturated heterocycles. The maximum atomic E-state index is 11.8. The van der Waals surface area contributed by atoms with Gasteiger partial charge in [0.15, 0.2) is 5.78 Å². The molecule has 0 heterocycles. The minimum atomic E-state index is -0.860. The number of phenols is 2. The third-order valence-corrected chi connectivity index (χ3v) is 2.42. The Labute approximate surface area is 99.8 Å². The molecular weight excluding hydrogens is 220 g/mol. The largest absolute Gasteiger partial charge is 0.508 e. The Balaban J connectivity index is 2.93. The van der Waals surface area contributed by atoms with Crippen LogP contribution in [-0.4, -0.2) is 27.2 Å². The molecular formula is C13H16O4. The lowest BCUT2D eigenvalue weighted by atomic mass is 10.0. The molecule has 0 unspecified atom stereocenters. The molecule has 17 heavy (non-hydrogen) atoms. The number of hydrogen-bond donors (Lipinski definition) is 3. The van der Waals surface area contributed by atoms with E-state index in [1.807, 2.05) is 0 Å². The van der Waals surface area contributed by atoms with Crippen molar-refractivity contribution in [3.63, 3.8) is 0 Å². The molecule has 0 saturated carbocycles. The van der Waals surface area contributed by atoms with E-state index >= 15 is 0 Å². The van der Waals surface area contributed by atoms with Gasteiger partial charge in [-0.05, 0) is 25.5 Å². The quantitative estimate of drug-likeness (QED) is 0.551. The Morgan fingerprint density at radius 1 is 1.35 bits per heavy atom. The van der Waals surface area contributed by atoms with E-state index in [0.29, 0.717) is 5.56 Å². The second kappa shape index (κ2) is 5.50. The Bertz CT molecular complexity index is 449. The number of carbonyl (C=O) groups excluding carboxylic acids is 1. The van der Waals surface area contributed by atoms with Gasteiger partial charge in [0, 0.05) is 12.5 Å². The van der Waals surface area contributed by atoms with Crippen LogP contribution >= 0.6 is 0 Å². The van der Waals surface area contributed by atoms with Crippen molar-refractivity contribution in [2.45, 2.75) is 26.4 Å². The van der Waals surface area contributed by atoms with Gasteiger partial charge in [0.05, 0.1) is 11.7 Å². The fraction of sp³-hybridized carbons (Fsp3) is 0.308. The summed E-state index contributed by atoms with van der Waals surface area (Å²) in [5, 5.41) is 28.3. The smallest absolute Gasteiger partial charge is 0.169 e. The molecule has 0 spiro atoms. The standard InChI is InChI=1S/C13H16O4/c1-3-4-9(14)6-12(16)10-5-8(2)11(15)7-13(10)17/h3-5,7,9,14-15,17H,6H2,1-2H3/b4-3+/t9-/m0/s1. The van der Waals surface area contributed by atoms with E-state index < -0.39 is 6.10 Å². The fourth-order valence-electron chi connectivity index (χ4n) is 1.50. The van der Waals surface area contributed by atoms with E-state index in [2.05, 4.69) is 0 Å². The van der Waals surface area contributed by atoms with Crippen LogP contribution in [0, 0.1) is 6.92 Å². The number of aryl methyl sites for hydroxylation is 1. The van der Waals surface area contributed by atoms with Gasteiger partial charge in [-0.2, -0.15) is 0 Å². The van der Waals surface area contributed by atoms with Crippen molar-refractivity contribution in [2.75, 3.05) is 0 Å². The average molecular weight is 236 g/mol. The normalized spacial score (nSPS) is 12.9. The van der Waals surface area contributed by atoms with Gasteiger partial charge in [-0.1, -0.05) is 12.2 Å². The monoisotopic (exact) mass is 236 g/mol. The van der Waals surface area contributed by atoms with Crippen molar-refractivity contribution < 1.29 is 20.1 Å². The predicted octanol–water partition coefficient (Wildman–Crippen LogP) is 1.92. The molecule has 0 aliphatic heterocycles. The molecule has 0 radical (unpaired) electrons. The number of ketones is 1. The first kappa shape index (κ1) is 13.3. The first-order chi connectivity index (χ1) is 7.95. The molecule has 0 bridgehead atoms. The third-order valence-electron chi connectivity index (χ3n) is 2.42. The van der Waals surface area contributed by atoms with Crippen molar-refractivity contribution in [3.05, 3.63) is 35.4 Å². The van der Waals surface area contributed by atoms with Crippen molar-refractivity contribution in [1.82, 2.24) is 0 Å². The first-order valence-corrected chi connectivity index (χ1v) is 5.32. The van der Waals surface area contributed by atoms with E-state index in [1.165, 1.54) is 12.1 Å². The maximum absolute atomic E-state index is 11.8. The summed E-state index contributed by atoms with van der Waals surface area (Å²) >= 11 is 0. The van der Waals surface area contributed by atoms with Crippen molar-refractivity contribution in [3.8, 4) is 11.5 Å². The van der Waals surface area contributed by atoms with Gasteiger partial charge < -0.3 is 15.3 Å². The highest BCUT2D eigenvalue weighted by Crippen LogP contribution is 2.27. The summed E-state index contributed by atoms with van der Waals surface area (Å²) in [7, 11) is 0. The summed E-state index contributed by atoms with van der Waals surface area (Å²) in [4.78, 5) is 11.8. The zero-order valence-corrected chi connectivity index (χ0v) is 9.84. The number of benzene rings is 1. The summed E-state index contributed by atoms with van der Waals surface area (Å²) in [5.74, 6) is -0.699. The number of aromatic hydroxyl groups is 2. The number of rotatable bonds is 4. The van der Waals surface area contributed by atoms with Gasteiger partial charge in [0.25, 0.3) is 0 Å². The average Bonchev–Trinajstić information content (AvgIpc) is 2.23. The van der Waals surface area contributed by atoms with E-state index in [9.17, 15) is 20.1 Å². The second-order valence-corrected chi connectivity index (χ2v) is 3.88. The molecule has 0 amide bonds. The summed E-state index contributed by atoms with van der Waals surface area (Å²) in [6.07, 6.45) is 2.20. The van der Waals surface area contributed by atoms with E-state index in [4.69, 9.17) is 0 Å². The van der Waals surface area contributed by atoms with Gasteiger partial charge in [-0.25, -0.2) is 0 Å². The summed E-state index contributed by atoms with van der Waals surface area (Å²) < 4.78 is 0. The van der Waals surface area contributed by atoms with Crippen LogP contribution in [0.1, 0.15) is 29.3 Å². The zero-order valence-electron chi connectivity index (χ0n) is 9.84. The van der Waals surface area contributed by atoms with Crippen molar-refractivity contribution >= 4 is 5.78 Å². The van der Waals surface area contributed by atoms with Gasteiger partial charge >= 0.3 is 0 Å². The second-order valence-electron chi connectivity index (χ2n) is 3.88. The highest BCUT2D eigenvalue weighted by molar-refractivity contribution is 5.99. The van der Waals surface area contributed by atoms with Crippen molar-refractivity contribution in [2.24, 2.45) is 0 Å². The fourth-order valence-corrected chi connectivity index (χ4v) is 1.50. The molecule has 0 fully saturated rings. The van der Waals surface area contributed by atoms with Crippen LogP contribution in [0.5, 0.6) is 11.5 Å². The van der Waals surface area contributed by atoms with Gasteiger partial charge in [0.2, 0.25) is 0 Å². The Morgan fingerprint density at radius 3 is 2.59 bits per heavy atom. The highest BCUT2D eigenvalue weighted by atomic mass is 16.3. The van der Waals surface area contributed by atoms with E-state index in [0.717, 1.165) is 6.07 Å². The van der Waals surface area contributed by atoms with Crippen LogP contribution in [0.15, 0.2) is 24.3 Å². The molecule has 3 N–H and O–H groups in total. The Kier molecular flexibility index (Phi) is 4.29. The van der Waals surface area contributed by atoms with E-state index in [1.54, 1.807) is 19.9 Å². The molecule has 4 nitrogen and oxygen atoms in total. The predicted molar refractivity (Wildman–Crippen MR) is 64.3 cm³/mol. The van der Waals surface area contributed by atoms with Crippen molar-refractivity contribution in [1.29, 1.82) is 0 Å². The molecule has 0 aliphatic rings. The number of allylic oxidation sites excluding steroid dienone is 1. The lowest BCUT2D eigenvalue weighted by molar-refractivity contribution is 0.0920. The van der Waals surface area contributed by atoms with Crippen LogP contribution in [-0.2, 0) is 0 Å². The summed E-state index contributed by atoms with van der Waals surface area (Å²) in [6.45, 7) is 3.38. The number of hydrogen-bond acceptors (Lipinski definition) is 4. The Morgan fingerprint density at radius 2 is 2.00 bits per heavy atom. The molecule has 4 heteroatoms. The van der Waals surface area contributed by atoms with Crippen LogP contribution in [0.2, 0.25) is 0 Å². The summed E-state index contributed by atoms with van der Waals surface area (Å²) in [6, 6.07) is 2.54. The van der Waals surface area contributed by atoms with E-state index in [-0.39, 0.29) is 29.3 Å². The number of aliphatic hydroxyl groups is 1. The van der Waals surface area contributed by atoms with Gasteiger partial charge in [-0.15, -0.1) is 0 Å². The minimum absolute atomic E-state index is 0.0620.